The van der Waals surface area contributed by atoms with Gasteiger partial charge in [-0.25, -0.2) is 0 Å². The van der Waals surface area contributed by atoms with Crippen LogP contribution in [0.1, 0.15) is 145 Å². The number of amides is 2. The van der Waals surface area contributed by atoms with Crippen LogP contribution in [-0.2, 0) is 30.9 Å². The molecule has 9 nitrogen and oxygen atoms in total. The minimum atomic E-state index is -1.30. The molecule has 0 spiro atoms. The number of likely N-dealkylation sites (tertiary alicyclic amines) is 2. The van der Waals surface area contributed by atoms with Gasteiger partial charge in [0.15, 0.2) is 5.92 Å². The van der Waals surface area contributed by atoms with Gasteiger partial charge >= 0.3 is 11.9 Å². The average Bonchev–Trinajstić information content (AvgIpc) is 3.08. The molecule has 3 aromatic rings. The Hall–Kier alpha value is -4.66. The maximum atomic E-state index is 14.5. The van der Waals surface area contributed by atoms with Crippen LogP contribution in [0.3, 0.4) is 0 Å². The molecule has 2 aliphatic rings. The third-order valence-electron chi connectivity index (χ3n) is 12.1. The number of esters is 2. The second-order valence-electron chi connectivity index (χ2n) is 19.9. The van der Waals surface area contributed by atoms with Gasteiger partial charge < -0.3 is 24.4 Å². The quantitative estimate of drug-likeness (QED) is 0.179. The highest BCUT2D eigenvalue weighted by Gasteiger charge is 2.52. The highest BCUT2D eigenvalue weighted by Crippen LogP contribution is 2.43. The summed E-state index contributed by atoms with van der Waals surface area (Å²) in [6, 6.07) is 20.3. The lowest BCUT2D eigenvalue weighted by molar-refractivity contribution is -0.175. The third kappa shape index (κ3) is 9.08. The Labute approximate surface area is 340 Å². The zero-order valence-corrected chi connectivity index (χ0v) is 36.4. The second-order valence-corrected chi connectivity index (χ2v) is 19.9. The summed E-state index contributed by atoms with van der Waals surface area (Å²) in [5.41, 5.74) is 1.02. The fourth-order valence-corrected chi connectivity index (χ4v) is 9.79. The molecule has 0 atom stereocenters. The summed E-state index contributed by atoms with van der Waals surface area (Å²) in [5, 5.41) is 11.1. The lowest BCUT2D eigenvalue weighted by atomic mass is 9.77. The number of hydrogen-bond donors (Lipinski definition) is 1. The Kier molecular flexibility index (Phi) is 11.9. The van der Waals surface area contributed by atoms with Crippen LogP contribution in [0.15, 0.2) is 66.7 Å². The predicted molar refractivity (Wildman–Crippen MR) is 223 cm³/mol. The van der Waals surface area contributed by atoms with Crippen LogP contribution in [0.5, 0.6) is 5.75 Å². The monoisotopic (exact) mass is 780 g/mol. The number of phenolic OH excluding ortho intramolecular Hbond substituents is 1. The van der Waals surface area contributed by atoms with E-state index in [1.807, 2.05) is 167 Å². The molecule has 57 heavy (non-hydrogen) atoms. The van der Waals surface area contributed by atoms with Gasteiger partial charge in [0.05, 0.1) is 0 Å². The van der Waals surface area contributed by atoms with Crippen molar-refractivity contribution in [2.75, 3.05) is 0 Å². The Morgan fingerprint density at radius 3 is 1.33 bits per heavy atom. The minimum absolute atomic E-state index is 0.0178. The molecule has 0 aromatic heterocycles. The summed E-state index contributed by atoms with van der Waals surface area (Å²) in [7, 11) is 0. The molecule has 0 aliphatic carbocycles. The van der Waals surface area contributed by atoms with Gasteiger partial charge in [0.1, 0.15) is 18.0 Å². The van der Waals surface area contributed by atoms with Crippen LogP contribution in [-0.4, -0.2) is 73.0 Å². The van der Waals surface area contributed by atoms with E-state index in [2.05, 4.69) is 0 Å². The number of nitrogens with zero attached hydrogens (tertiary/aromatic N) is 2. The molecule has 0 radical (unpaired) electrons. The maximum Gasteiger partial charge on any atom is 0.320 e. The van der Waals surface area contributed by atoms with Crippen LogP contribution in [0.4, 0.5) is 0 Å². The van der Waals surface area contributed by atoms with Crippen molar-refractivity contribution in [3.63, 3.8) is 0 Å². The Bertz CT molecular complexity index is 1850. The van der Waals surface area contributed by atoms with E-state index in [0.29, 0.717) is 42.4 Å². The van der Waals surface area contributed by atoms with Crippen LogP contribution >= 0.6 is 0 Å². The van der Waals surface area contributed by atoms with Crippen molar-refractivity contribution in [1.29, 1.82) is 0 Å². The molecule has 308 valence electrons. The van der Waals surface area contributed by atoms with E-state index >= 15 is 0 Å². The average molecular weight is 781 g/mol. The number of carbonyl (C=O) groups is 4. The number of benzene rings is 3. The van der Waals surface area contributed by atoms with E-state index < -0.39 is 57.6 Å². The Morgan fingerprint density at radius 1 is 0.649 bits per heavy atom. The van der Waals surface area contributed by atoms with Crippen LogP contribution in [0.2, 0.25) is 0 Å². The van der Waals surface area contributed by atoms with Crippen molar-refractivity contribution < 1.29 is 33.8 Å². The van der Waals surface area contributed by atoms with Crippen LogP contribution < -0.4 is 0 Å². The van der Waals surface area contributed by atoms with Crippen molar-refractivity contribution in [3.05, 3.63) is 100 Å². The fourth-order valence-electron chi connectivity index (χ4n) is 9.79. The summed E-state index contributed by atoms with van der Waals surface area (Å²) in [5.74, 6) is -2.65. The zero-order chi connectivity index (χ0) is 42.5. The first-order valence-corrected chi connectivity index (χ1v) is 20.3. The maximum absolute atomic E-state index is 14.5. The van der Waals surface area contributed by atoms with Gasteiger partial charge in [-0.3, -0.25) is 19.2 Å². The molecule has 2 aliphatic heterocycles. The van der Waals surface area contributed by atoms with Gasteiger partial charge in [-0.2, -0.15) is 0 Å². The van der Waals surface area contributed by atoms with Crippen molar-refractivity contribution >= 4 is 23.8 Å². The van der Waals surface area contributed by atoms with E-state index in [0.717, 1.165) is 16.7 Å². The number of ether oxygens (including phenoxy) is 2. The topological polar surface area (TPSA) is 113 Å². The van der Waals surface area contributed by atoms with Gasteiger partial charge in [-0.1, -0.05) is 63.2 Å². The highest BCUT2D eigenvalue weighted by atomic mass is 16.6. The number of piperidine rings is 2. The molecule has 0 saturated carbocycles. The van der Waals surface area contributed by atoms with Crippen molar-refractivity contribution in [2.24, 2.45) is 5.92 Å². The first-order chi connectivity index (χ1) is 26.3. The minimum Gasteiger partial charge on any atom is -0.507 e. The third-order valence-corrected chi connectivity index (χ3v) is 12.1. The van der Waals surface area contributed by atoms with Gasteiger partial charge in [-0.15, -0.1) is 0 Å². The molecule has 1 N–H and O–H groups in total. The van der Waals surface area contributed by atoms with E-state index in [1.165, 1.54) is 0 Å². The molecule has 0 bridgehead atoms. The molecule has 2 amide bonds. The molecule has 5 rings (SSSR count). The van der Waals surface area contributed by atoms with Crippen molar-refractivity contribution in [1.82, 2.24) is 9.80 Å². The molecule has 0 unspecified atom stereocenters. The van der Waals surface area contributed by atoms with Crippen LogP contribution in [0, 0.1) is 19.8 Å². The first kappa shape index (κ1) is 43.5. The zero-order valence-electron chi connectivity index (χ0n) is 36.4. The van der Waals surface area contributed by atoms with Gasteiger partial charge in [0, 0.05) is 59.0 Å². The van der Waals surface area contributed by atoms with Gasteiger partial charge in [0.25, 0.3) is 11.8 Å². The number of rotatable bonds is 8. The lowest BCUT2D eigenvalue weighted by Gasteiger charge is -2.55. The van der Waals surface area contributed by atoms with E-state index in [4.69, 9.17) is 9.47 Å². The normalized spacial score (nSPS) is 19.3. The van der Waals surface area contributed by atoms with Crippen LogP contribution in [0.25, 0.3) is 0 Å². The summed E-state index contributed by atoms with van der Waals surface area (Å²) in [6.45, 7) is 25.6. The summed E-state index contributed by atoms with van der Waals surface area (Å²) >= 11 is 0. The van der Waals surface area contributed by atoms with E-state index in [9.17, 15) is 24.3 Å². The Morgan fingerprint density at radius 2 is 1.00 bits per heavy atom. The number of carbonyl (C=O) groups excluding carboxylic acids is 4. The lowest BCUT2D eigenvalue weighted by Crippen LogP contribution is -2.64. The summed E-state index contributed by atoms with van der Waals surface area (Å²) in [4.78, 5) is 60.6. The largest absolute Gasteiger partial charge is 0.507 e. The van der Waals surface area contributed by atoms with E-state index in [1.54, 1.807) is 0 Å². The number of hydrogen-bond acceptors (Lipinski definition) is 7. The summed E-state index contributed by atoms with van der Waals surface area (Å²) in [6.07, 6.45) is 0.388. The molecular weight excluding hydrogens is 717 g/mol. The fraction of sp³-hybridized carbons (Fsp3) is 0.542. The molecule has 2 saturated heterocycles. The number of aromatic hydroxyl groups is 1. The molecule has 3 aromatic carbocycles. The van der Waals surface area contributed by atoms with E-state index in [-0.39, 0.29) is 24.0 Å². The molecule has 2 heterocycles. The smallest absolute Gasteiger partial charge is 0.320 e. The SMILES string of the molecule is Cc1c(CC(C(=O)OC2CC(C)(C)N(C(=O)c3ccccc3)C(C)(C)C2)C(=O)OC2CC(C)(C)N(C(=O)c3ccccc3)C(C)(C)C2)cc(C(C)(C)C)c(O)c1C. The number of phenols is 1. The van der Waals surface area contributed by atoms with Crippen molar-refractivity contribution in [2.45, 2.75) is 162 Å². The Balaban J connectivity index is 1.44. The standard InChI is InChI=1S/C48H64N2O7/c1-30-31(2)39(51)38(44(3,4)5)25-34(30)24-37(42(54)56-35-26-45(6,7)49(46(8,9)27-35)40(52)32-20-16-14-17-21-32)43(55)57-36-28-47(10,11)50(48(12,13)29-36)41(53)33-22-18-15-19-23-33/h14-23,25,35-37,51H,24,26-29H2,1-13H3. The first-order valence-electron chi connectivity index (χ1n) is 20.3. The molecule has 9 heteroatoms. The highest BCUT2D eigenvalue weighted by molar-refractivity contribution is 5.97. The second kappa shape index (κ2) is 15.6. The molecular formula is C48H64N2O7. The molecule has 2 fully saturated rings. The predicted octanol–water partition coefficient (Wildman–Crippen LogP) is 9.28. The summed E-state index contributed by atoms with van der Waals surface area (Å²) < 4.78 is 12.7. The van der Waals surface area contributed by atoms with Gasteiger partial charge in [0.2, 0.25) is 0 Å². The van der Waals surface area contributed by atoms with Crippen molar-refractivity contribution in [3.8, 4) is 5.75 Å². The van der Waals surface area contributed by atoms with Gasteiger partial charge in [-0.05, 0) is 128 Å².